The van der Waals surface area contributed by atoms with Crippen molar-refractivity contribution in [1.82, 2.24) is 14.7 Å². The summed E-state index contributed by atoms with van der Waals surface area (Å²) in [6, 6.07) is 23.7. The van der Waals surface area contributed by atoms with Crippen LogP contribution in [0.2, 0.25) is 0 Å². The Labute approximate surface area is 235 Å². The van der Waals surface area contributed by atoms with E-state index in [4.69, 9.17) is 0 Å². The zero-order valence-electron chi connectivity index (χ0n) is 23.1. The lowest BCUT2D eigenvalue weighted by atomic mass is 9.85. The Morgan fingerprint density at radius 2 is 1.52 bits per heavy atom. The summed E-state index contributed by atoms with van der Waals surface area (Å²) in [5, 5.41) is 5.16. The first-order chi connectivity index (χ1) is 19.4. The first-order valence-corrected chi connectivity index (χ1v) is 14.4. The number of fused-ring (bicyclic) bond motifs is 1. The molecule has 8 nitrogen and oxygen atoms in total. The molecule has 1 N–H and O–H groups in total. The zero-order valence-corrected chi connectivity index (χ0v) is 23.1. The van der Waals surface area contributed by atoms with E-state index in [0.717, 1.165) is 48.1 Å². The molecule has 3 aliphatic heterocycles. The molecule has 3 aromatic carbocycles. The second-order valence-electron chi connectivity index (χ2n) is 11.4. The second-order valence-corrected chi connectivity index (χ2v) is 11.4. The van der Waals surface area contributed by atoms with Crippen molar-refractivity contribution in [2.24, 2.45) is 5.92 Å². The van der Waals surface area contributed by atoms with E-state index in [9.17, 15) is 14.4 Å². The van der Waals surface area contributed by atoms with Gasteiger partial charge >= 0.3 is 6.03 Å². The summed E-state index contributed by atoms with van der Waals surface area (Å²) in [6.07, 6.45) is 3.04. The summed E-state index contributed by atoms with van der Waals surface area (Å²) >= 11 is 0. The standard InChI is InChI=1S/C32H37N5O3/c1-24-14-18-34(19-15-24)29(38)22-36-23-37(26-10-3-2-4-11-26)32(30(36)39)16-20-35(21-17-32)31(40)33-28-13-7-9-25-8-5-6-12-27(25)28/h2-13,24H,14-23H2,1H3,(H,33,40). The van der Waals surface area contributed by atoms with E-state index in [2.05, 4.69) is 17.1 Å². The van der Waals surface area contributed by atoms with E-state index < -0.39 is 5.54 Å². The molecule has 40 heavy (non-hydrogen) atoms. The average Bonchev–Trinajstić information content (AvgIpc) is 3.24. The maximum absolute atomic E-state index is 14.0. The smallest absolute Gasteiger partial charge is 0.321 e. The maximum Gasteiger partial charge on any atom is 0.321 e. The van der Waals surface area contributed by atoms with Crippen molar-refractivity contribution >= 4 is 40.0 Å². The molecule has 4 amide bonds. The highest BCUT2D eigenvalue weighted by Crippen LogP contribution is 2.39. The van der Waals surface area contributed by atoms with Crippen LogP contribution in [-0.2, 0) is 9.59 Å². The van der Waals surface area contributed by atoms with Crippen molar-refractivity contribution in [3.8, 4) is 0 Å². The molecule has 0 bridgehead atoms. The number of carbonyl (C=O) groups is 3. The number of urea groups is 1. The molecule has 8 heteroatoms. The highest BCUT2D eigenvalue weighted by atomic mass is 16.2. The van der Waals surface area contributed by atoms with Crippen LogP contribution in [0.1, 0.15) is 32.6 Å². The van der Waals surface area contributed by atoms with E-state index in [1.165, 1.54) is 0 Å². The topological polar surface area (TPSA) is 76.2 Å². The number of nitrogens with zero attached hydrogens (tertiary/aromatic N) is 4. The van der Waals surface area contributed by atoms with E-state index in [0.29, 0.717) is 38.5 Å². The first-order valence-electron chi connectivity index (χ1n) is 14.4. The molecule has 0 atom stereocenters. The van der Waals surface area contributed by atoms with Gasteiger partial charge in [-0.25, -0.2) is 4.79 Å². The Kier molecular flexibility index (Phi) is 7.09. The minimum absolute atomic E-state index is 0.0100. The Morgan fingerprint density at radius 3 is 2.27 bits per heavy atom. The quantitative estimate of drug-likeness (QED) is 0.518. The Balaban J connectivity index is 1.17. The number of carbonyl (C=O) groups excluding carboxylic acids is 3. The van der Waals surface area contributed by atoms with Crippen molar-refractivity contribution < 1.29 is 14.4 Å². The molecule has 3 aromatic rings. The van der Waals surface area contributed by atoms with Crippen LogP contribution in [0.3, 0.4) is 0 Å². The van der Waals surface area contributed by atoms with Crippen molar-refractivity contribution in [2.75, 3.05) is 49.6 Å². The average molecular weight is 540 g/mol. The van der Waals surface area contributed by atoms with Gasteiger partial charge in [0, 0.05) is 37.3 Å². The lowest BCUT2D eigenvalue weighted by Gasteiger charge is -2.43. The van der Waals surface area contributed by atoms with Gasteiger partial charge in [-0.3, -0.25) is 9.59 Å². The Morgan fingerprint density at radius 1 is 0.850 bits per heavy atom. The fraction of sp³-hybridized carbons (Fsp3) is 0.406. The molecule has 3 aliphatic rings. The molecule has 0 unspecified atom stereocenters. The Bertz CT molecular complexity index is 1390. The number of rotatable bonds is 4. The van der Waals surface area contributed by atoms with Crippen molar-refractivity contribution in [3.05, 3.63) is 72.8 Å². The number of anilines is 2. The highest BCUT2D eigenvalue weighted by Gasteiger charge is 2.54. The van der Waals surface area contributed by atoms with Crippen LogP contribution in [-0.4, -0.2) is 77.5 Å². The summed E-state index contributed by atoms with van der Waals surface area (Å²) in [7, 11) is 0. The summed E-state index contributed by atoms with van der Waals surface area (Å²) in [5.74, 6) is 0.652. The minimum atomic E-state index is -0.770. The fourth-order valence-electron chi connectivity index (χ4n) is 6.45. The van der Waals surface area contributed by atoms with E-state index in [1.807, 2.05) is 77.7 Å². The minimum Gasteiger partial charge on any atom is -0.341 e. The van der Waals surface area contributed by atoms with Crippen LogP contribution in [0.5, 0.6) is 0 Å². The fourth-order valence-corrected chi connectivity index (χ4v) is 6.45. The number of benzene rings is 3. The van der Waals surface area contributed by atoms with E-state index >= 15 is 0 Å². The predicted molar refractivity (Wildman–Crippen MR) is 157 cm³/mol. The van der Waals surface area contributed by atoms with Crippen LogP contribution in [0.4, 0.5) is 16.2 Å². The molecule has 3 fully saturated rings. The normalized spacial score (nSPS) is 19.5. The number of para-hydroxylation sites is 1. The third kappa shape index (κ3) is 4.87. The van der Waals surface area contributed by atoms with Gasteiger partial charge in [0.1, 0.15) is 12.1 Å². The van der Waals surface area contributed by atoms with Crippen LogP contribution in [0.25, 0.3) is 10.8 Å². The van der Waals surface area contributed by atoms with Crippen LogP contribution in [0.15, 0.2) is 72.8 Å². The molecule has 3 saturated heterocycles. The summed E-state index contributed by atoms with van der Waals surface area (Å²) in [5.41, 5.74) is 0.975. The third-order valence-electron chi connectivity index (χ3n) is 8.95. The molecule has 208 valence electrons. The maximum atomic E-state index is 14.0. The van der Waals surface area contributed by atoms with Gasteiger partial charge in [-0.1, -0.05) is 61.5 Å². The van der Waals surface area contributed by atoms with Gasteiger partial charge in [0.25, 0.3) is 5.91 Å². The second kappa shape index (κ2) is 10.8. The van der Waals surface area contributed by atoms with Crippen molar-refractivity contribution in [1.29, 1.82) is 0 Å². The molecule has 0 radical (unpaired) electrons. The molecular formula is C32H37N5O3. The van der Waals surface area contributed by atoms with Gasteiger partial charge in [-0.2, -0.15) is 0 Å². The van der Waals surface area contributed by atoms with E-state index in [-0.39, 0.29) is 24.4 Å². The van der Waals surface area contributed by atoms with Crippen molar-refractivity contribution in [2.45, 2.75) is 38.1 Å². The van der Waals surface area contributed by atoms with Crippen LogP contribution < -0.4 is 10.2 Å². The molecule has 0 saturated carbocycles. The van der Waals surface area contributed by atoms with Gasteiger partial charge in [0.2, 0.25) is 5.91 Å². The number of nitrogens with one attached hydrogen (secondary N) is 1. The van der Waals surface area contributed by atoms with Crippen LogP contribution >= 0.6 is 0 Å². The van der Waals surface area contributed by atoms with Crippen LogP contribution in [0, 0.1) is 5.92 Å². The van der Waals surface area contributed by atoms with Crippen molar-refractivity contribution in [3.63, 3.8) is 0 Å². The molecule has 0 aliphatic carbocycles. The molecule has 1 spiro atoms. The van der Waals surface area contributed by atoms with Gasteiger partial charge in [-0.15, -0.1) is 0 Å². The zero-order chi connectivity index (χ0) is 27.7. The summed E-state index contributed by atoms with van der Waals surface area (Å²) in [6.45, 7) is 5.13. The number of likely N-dealkylation sites (tertiary alicyclic amines) is 2. The number of piperidine rings is 2. The molecule has 6 rings (SSSR count). The molecule has 3 heterocycles. The number of hydrogen-bond acceptors (Lipinski definition) is 4. The van der Waals surface area contributed by atoms with Gasteiger partial charge in [0.15, 0.2) is 0 Å². The third-order valence-corrected chi connectivity index (χ3v) is 8.95. The van der Waals surface area contributed by atoms with E-state index in [1.54, 1.807) is 9.80 Å². The number of hydrogen-bond donors (Lipinski definition) is 1. The summed E-state index contributed by atoms with van der Waals surface area (Å²) < 4.78 is 0. The monoisotopic (exact) mass is 539 g/mol. The van der Waals surface area contributed by atoms with Gasteiger partial charge in [-0.05, 0) is 55.2 Å². The van der Waals surface area contributed by atoms with Gasteiger partial charge in [0.05, 0.1) is 12.4 Å². The lowest BCUT2D eigenvalue weighted by Crippen LogP contribution is -2.58. The number of amides is 4. The lowest BCUT2D eigenvalue weighted by molar-refractivity contribution is -0.141. The largest absolute Gasteiger partial charge is 0.341 e. The molecular weight excluding hydrogens is 502 g/mol. The van der Waals surface area contributed by atoms with Gasteiger partial charge < -0.3 is 24.9 Å². The Hall–Kier alpha value is -4.07. The SMILES string of the molecule is CC1CCN(C(=O)CN2CN(c3ccccc3)C3(CCN(C(=O)Nc4cccc5ccccc45)CC3)C2=O)CC1. The predicted octanol–water partition coefficient (Wildman–Crippen LogP) is 4.77. The highest BCUT2D eigenvalue weighted by molar-refractivity contribution is 6.02. The summed E-state index contributed by atoms with van der Waals surface area (Å²) in [4.78, 5) is 48.1. The molecule has 0 aromatic heterocycles. The first kappa shape index (κ1) is 26.2.